The zero-order chi connectivity index (χ0) is 16.8. The Bertz CT molecular complexity index is 457. The van der Waals surface area contributed by atoms with E-state index in [0.29, 0.717) is 29.1 Å². The molecule has 2 bridgehead atoms. The Labute approximate surface area is 143 Å². The second kappa shape index (κ2) is 6.08. The zero-order valence-corrected chi connectivity index (χ0v) is 15.7. The molecule has 1 amide bonds. The highest BCUT2D eigenvalue weighted by Crippen LogP contribution is 2.60. The van der Waals surface area contributed by atoms with Gasteiger partial charge in [-0.2, -0.15) is 0 Å². The van der Waals surface area contributed by atoms with E-state index in [1.165, 1.54) is 51.4 Å². The lowest BCUT2D eigenvalue weighted by Gasteiger charge is -2.57. The van der Waals surface area contributed by atoms with Gasteiger partial charge in [-0.05, 0) is 78.9 Å². The number of carbonyl (C=O) groups is 1. The van der Waals surface area contributed by atoms with E-state index in [1.54, 1.807) is 0 Å². The lowest BCUT2D eigenvalue weighted by molar-refractivity contribution is -0.122. The SMILES string of the molecule is C[C@@H]1CCC[C@@]2(C)CC[C@H]3[C@H](CC(N)=O)CC[C@@H](C[C@H]12)C3(C)C. The maximum Gasteiger partial charge on any atom is 0.217 e. The molecule has 3 saturated carbocycles. The van der Waals surface area contributed by atoms with Crippen LogP contribution in [-0.2, 0) is 4.79 Å². The summed E-state index contributed by atoms with van der Waals surface area (Å²) in [6, 6.07) is 0. The summed E-state index contributed by atoms with van der Waals surface area (Å²) in [6.07, 6.45) is 11.5. The van der Waals surface area contributed by atoms with E-state index in [2.05, 4.69) is 27.7 Å². The highest BCUT2D eigenvalue weighted by atomic mass is 16.1. The van der Waals surface area contributed by atoms with E-state index >= 15 is 0 Å². The summed E-state index contributed by atoms with van der Waals surface area (Å²) in [5, 5.41) is 0. The molecule has 3 aliphatic rings. The minimum Gasteiger partial charge on any atom is -0.370 e. The number of nitrogens with two attached hydrogens (primary N) is 1. The minimum atomic E-state index is -0.0957. The van der Waals surface area contributed by atoms with Crippen LogP contribution in [0, 0.1) is 40.4 Å². The first kappa shape index (κ1) is 17.3. The van der Waals surface area contributed by atoms with Gasteiger partial charge in [0.05, 0.1) is 0 Å². The fraction of sp³-hybridized carbons (Fsp3) is 0.952. The van der Waals surface area contributed by atoms with E-state index in [0.717, 1.165) is 17.8 Å². The van der Waals surface area contributed by atoms with Crippen LogP contribution in [0.25, 0.3) is 0 Å². The highest BCUT2D eigenvalue weighted by molar-refractivity contribution is 5.74. The largest absolute Gasteiger partial charge is 0.370 e. The second-order valence-electron chi connectivity index (χ2n) is 10.0. The predicted octanol–water partition coefficient (Wildman–Crippen LogP) is 5.16. The fourth-order valence-corrected chi connectivity index (χ4v) is 6.95. The van der Waals surface area contributed by atoms with Crippen molar-refractivity contribution in [2.24, 2.45) is 46.2 Å². The van der Waals surface area contributed by atoms with Crippen LogP contribution >= 0.6 is 0 Å². The standard InChI is InChI=1S/C21H37NO/c1-14-6-5-10-21(4)11-9-17-15(12-19(22)23)7-8-16(13-18(14)21)20(17,2)3/h14-18H,5-13H2,1-4H3,(H2,22,23)/t14-,15+,16+,17+,18-,21+/m1/s1. The normalized spacial score (nSPS) is 46.3. The van der Waals surface area contributed by atoms with Gasteiger partial charge in [-0.3, -0.25) is 4.79 Å². The van der Waals surface area contributed by atoms with Crippen molar-refractivity contribution in [3.8, 4) is 0 Å². The van der Waals surface area contributed by atoms with Crippen molar-refractivity contribution in [3.63, 3.8) is 0 Å². The van der Waals surface area contributed by atoms with Crippen LogP contribution in [0.1, 0.15) is 85.5 Å². The summed E-state index contributed by atoms with van der Waals surface area (Å²) in [5.74, 6) is 3.76. The van der Waals surface area contributed by atoms with Crippen LogP contribution in [0.4, 0.5) is 0 Å². The minimum absolute atomic E-state index is 0.0957. The summed E-state index contributed by atoms with van der Waals surface area (Å²) in [4.78, 5) is 11.5. The van der Waals surface area contributed by atoms with Crippen LogP contribution in [0.5, 0.6) is 0 Å². The van der Waals surface area contributed by atoms with Crippen LogP contribution in [0.2, 0.25) is 0 Å². The number of hydrogen-bond acceptors (Lipinski definition) is 1. The van der Waals surface area contributed by atoms with E-state index in [-0.39, 0.29) is 5.91 Å². The van der Waals surface area contributed by atoms with E-state index in [9.17, 15) is 4.79 Å². The Morgan fingerprint density at radius 1 is 1.04 bits per heavy atom. The first-order valence-electron chi connectivity index (χ1n) is 10.0. The average Bonchev–Trinajstić information content (AvgIpc) is 2.43. The molecule has 0 radical (unpaired) electrons. The molecule has 0 aromatic carbocycles. The lowest BCUT2D eigenvalue weighted by atomic mass is 9.48. The van der Waals surface area contributed by atoms with Crippen molar-refractivity contribution in [1.29, 1.82) is 0 Å². The van der Waals surface area contributed by atoms with E-state index < -0.39 is 0 Å². The van der Waals surface area contributed by atoms with Gasteiger partial charge in [0.1, 0.15) is 0 Å². The molecule has 6 atom stereocenters. The molecule has 132 valence electrons. The van der Waals surface area contributed by atoms with E-state index in [1.807, 2.05) is 0 Å². The summed E-state index contributed by atoms with van der Waals surface area (Å²) in [7, 11) is 0. The average molecular weight is 320 g/mol. The first-order valence-corrected chi connectivity index (χ1v) is 10.0. The molecule has 3 rings (SSSR count). The van der Waals surface area contributed by atoms with Gasteiger partial charge in [-0.25, -0.2) is 0 Å². The van der Waals surface area contributed by atoms with Gasteiger partial charge >= 0.3 is 0 Å². The van der Waals surface area contributed by atoms with Gasteiger partial charge in [0, 0.05) is 6.42 Å². The lowest BCUT2D eigenvalue weighted by Crippen LogP contribution is -2.49. The Morgan fingerprint density at radius 2 is 1.78 bits per heavy atom. The van der Waals surface area contributed by atoms with Crippen molar-refractivity contribution < 1.29 is 4.79 Å². The molecule has 0 spiro atoms. The fourth-order valence-electron chi connectivity index (χ4n) is 6.95. The third kappa shape index (κ3) is 3.07. The monoisotopic (exact) mass is 319 g/mol. The molecule has 0 aromatic rings. The number of hydrogen-bond donors (Lipinski definition) is 1. The van der Waals surface area contributed by atoms with Crippen LogP contribution in [0.3, 0.4) is 0 Å². The molecule has 0 saturated heterocycles. The smallest absolute Gasteiger partial charge is 0.217 e. The van der Waals surface area contributed by atoms with Gasteiger partial charge in [-0.15, -0.1) is 0 Å². The number of fused-ring (bicyclic) bond motifs is 3. The molecule has 3 fully saturated rings. The molecule has 2 N–H and O–H groups in total. The van der Waals surface area contributed by atoms with Crippen molar-refractivity contribution in [2.75, 3.05) is 0 Å². The molecule has 0 unspecified atom stereocenters. The van der Waals surface area contributed by atoms with Crippen LogP contribution < -0.4 is 5.73 Å². The maximum absolute atomic E-state index is 11.5. The van der Waals surface area contributed by atoms with E-state index in [4.69, 9.17) is 5.73 Å². The molecule has 2 heteroatoms. The van der Waals surface area contributed by atoms with Crippen LogP contribution in [-0.4, -0.2) is 5.91 Å². The molecule has 2 nitrogen and oxygen atoms in total. The van der Waals surface area contributed by atoms with Crippen molar-refractivity contribution in [2.45, 2.75) is 85.5 Å². The molecule has 0 aliphatic heterocycles. The Kier molecular flexibility index (Phi) is 4.57. The molecular weight excluding hydrogens is 282 g/mol. The van der Waals surface area contributed by atoms with Gasteiger partial charge in [0.2, 0.25) is 5.91 Å². The third-order valence-corrected chi connectivity index (χ3v) is 8.48. The number of rotatable bonds is 2. The number of amides is 1. The molecule has 23 heavy (non-hydrogen) atoms. The maximum atomic E-state index is 11.5. The van der Waals surface area contributed by atoms with Gasteiger partial charge in [0.25, 0.3) is 0 Å². The molecule has 0 aromatic heterocycles. The predicted molar refractivity (Wildman–Crippen MR) is 95.8 cm³/mol. The zero-order valence-electron chi connectivity index (χ0n) is 15.7. The third-order valence-electron chi connectivity index (χ3n) is 8.48. The van der Waals surface area contributed by atoms with Crippen molar-refractivity contribution in [3.05, 3.63) is 0 Å². The summed E-state index contributed by atoms with van der Waals surface area (Å²) < 4.78 is 0. The van der Waals surface area contributed by atoms with Gasteiger partial charge in [-0.1, -0.05) is 40.5 Å². The molecule has 0 heterocycles. The summed E-state index contributed by atoms with van der Waals surface area (Å²) in [6.45, 7) is 10.1. The first-order chi connectivity index (χ1) is 10.7. The second-order valence-corrected chi connectivity index (χ2v) is 10.0. The Morgan fingerprint density at radius 3 is 2.48 bits per heavy atom. The molecule has 3 aliphatic carbocycles. The quantitative estimate of drug-likeness (QED) is 0.751. The Balaban J connectivity index is 1.87. The number of carbonyl (C=O) groups excluding carboxylic acids is 1. The number of primary amides is 1. The molecular formula is C21H37NO. The Hall–Kier alpha value is -0.530. The highest BCUT2D eigenvalue weighted by Gasteiger charge is 2.51. The van der Waals surface area contributed by atoms with Gasteiger partial charge in [0.15, 0.2) is 0 Å². The summed E-state index contributed by atoms with van der Waals surface area (Å²) >= 11 is 0. The van der Waals surface area contributed by atoms with Crippen molar-refractivity contribution in [1.82, 2.24) is 0 Å². The van der Waals surface area contributed by atoms with Crippen molar-refractivity contribution >= 4 is 5.91 Å². The van der Waals surface area contributed by atoms with Gasteiger partial charge < -0.3 is 5.73 Å². The van der Waals surface area contributed by atoms with Crippen LogP contribution in [0.15, 0.2) is 0 Å². The topological polar surface area (TPSA) is 43.1 Å². The summed E-state index contributed by atoms with van der Waals surface area (Å²) in [5.41, 5.74) is 6.48.